The van der Waals surface area contributed by atoms with E-state index in [1.54, 1.807) is 45.4 Å². The summed E-state index contributed by atoms with van der Waals surface area (Å²) in [4.78, 5) is 11.8. The van der Waals surface area contributed by atoms with E-state index in [9.17, 15) is 4.79 Å². The van der Waals surface area contributed by atoms with E-state index in [1.807, 2.05) is 0 Å². The van der Waals surface area contributed by atoms with E-state index >= 15 is 0 Å². The van der Waals surface area contributed by atoms with Gasteiger partial charge in [-0.05, 0) is 25.1 Å². The predicted octanol–water partition coefficient (Wildman–Crippen LogP) is 2.37. The molecule has 6 heteroatoms. The number of benzene rings is 1. The van der Waals surface area contributed by atoms with Gasteiger partial charge in [-0.15, -0.1) is 0 Å². The van der Waals surface area contributed by atoms with Crippen LogP contribution in [-0.4, -0.2) is 26.3 Å². The third-order valence-corrected chi connectivity index (χ3v) is 2.86. The quantitative estimate of drug-likeness (QED) is 0.677. The van der Waals surface area contributed by atoms with Gasteiger partial charge in [-0.3, -0.25) is 4.79 Å². The molecule has 0 fully saturated rings. The molecule has 0 unspecified atom stereocenters. The Balaban J connectivity index is 2.07. The van der Waals surface area contributed by atoms with Crippen LogP contribution in [0.2, 0.25) is 0 Å². The lowest BCUT2D eigenvalue weighted by Crippen LogP contribution is -2.17. The van der Waals surface area contributed by atoms with Gasteiger partial charge in [0.2, 0.25) is 0 Å². The molecular weight excluding hydrogens is 272 g/mol. The number of hydrogen-bond acceptors (Lipinski definition) is 5. The zero-order valence-electron chi connectivity index (χ0n) is 12.0. The lowest BCUT2D eigenvalue weighted by Gasteiger charge is -2.05. The minimum Gasteiger partial charge on any atom is -0.497 e. The van der Waals surface area contributed by atoms with Gasteiger partial charge in [-0.1, -0.05) is 0 Å². The van der Waals surface area contributed by atoms with Gasteiger partial charge in [0.15, 0.2) is 0 Å². The molecular formula is C15H16N2O4. The highest BCUT2D eigenvalue weighted by Gasteiger charge is 2.09. The highest BCUT2D eigenvalue weighted by Crippen LogP contribution is 2.21. The Bertz CT molecular complexity index is 639. The second-order valence-corrected chi connectivity index (χ2v) is 4.24. The fourth-order valence-corrected chi connectivity index (χ4v) is 1.75. The lowest BCUT2D eigenvalue weighted by atomic mass is 10.2. The van der Waals surface area contributed by atoms with Gasteiger partial charge in [0, 0.05) is 11.6 Å². The van der Waals surface area contributed by atoms with Crippen molar-refractivity contribution in [3.63, 3.8) is 0 Å². The molecule has 1 amide bonds. The number of furan rings is 1. The molecule has 0 spiro atoms. The van der Waals surface area contributed by atoms with Crippen LogP contribution < -0.4 is 14.9 Å². The summed E-state index contributed by atoms with van der Waals surface area (Å²) in [5.41, 5.74) is 3.64. The number of nitrogens with one attached hydrogen (secondary N) is 1. The molecule has 0 saturated heterocycles. The number of ether oxygens (including phenoxy) is 2. The van der Waals surface area contributed by atoms with E-state index in [2.05, 4.69) is 10.5 Å². The number of nitrogens with zero attached hydrogens (tertiary/aromatic N) is 1. The molecule has 110 valence electrons. The molecule has 0 aliphatic carbocycles. The molecule has 6 nitrogen and oxygen atoms in total. The molecule has 2 rings (SSSR count). The van der Waals surface area contributed by atoms with Crippen molar-refractivity contribution in [2.45, 2.75) is 6.92 Å². The van der Waals surface area contributed by atoms with Crippen molar-refractivity contribution in [1.29, 1.82) is 0 Å². The van der Waals surface area contributed by atoms with Crippen molar-refractivity contribution in [3.8, 4) is 11.5 Å². The molecule has 1 heterocycles. The number of amides is 1. The van der Waals surface area contributed by atoms with E-state index in [4.69, 9.17) is 13.9 Å². The van der Waals surface area contributed by atoms with E-state index in [-0.39, 0.29) is 5.91 Å². The van der Waals surface area contributed by atoms with Crippen molar-refractivity contribution in [2.75, 3.05) is 14.2 Å². The van der Waals surface area contributed by atoms with Crippen LogP contribution in [0.1, 0.15) is 21.7 Å². The van der Waals surface area contributed by atoms with Crippen LogP contribution >= 0.6 is 0 Å². The maximum atomic E-state index is 11.8. The van der Waals surface area contributed by atoms with Gasteiger partial charge < -0.3 is 13.9 Å². The molecule has 1 aromatic carbocycles. The van der Waals surface area contributed by atoms with E-state index < -0.39 is 0 Å². The number of hydrogen-bond donors (Lipinski definition) is 1. The topological polar surface area (TPSA) is 73.1 Å². The van der Waals surface area contributed by atoms with Crippen LogP contribution in [0.4, 0.5) is 0 Å². The largest absolute Gasteiger partial charge is 0.497 e. The summed E-state index contributed by atoms with van der Waals surface area (Å²) in [6.45, 7) is 1.71. The molecule has 0 aliphatic heterocycles. The zero-order chi connectivity index (χ0) is 15.2. The molecule has 0 bridgehead atoms. The number of carbonyl (C=O) groups excluding carboxylic acids is 1. The van der Waals surface area contributed by atoms with Crippen LogP contribution in [0.25, 0.3) is 0 Å². The van der Waals surface area contributed by atoms with Crippen molar-refractivity contribution in [3.05, 3.63) is 47.4 Å². The molecule has 0 radical (unpaired) electrons. The summed E-state index contributed by atoms with van der Waals surface area (Å²) < 4.78 is 15.4. The standard InChI is InChI=1S/C15H16N2O4/c1-10-14(4-5-21-10)15(18)17-16-9-11-6-12(19-2)8-13(7-11)20-3/h4-9H,1-3H3,(H,17,18)/b16-9+. The monoisotopic (exact) mass is 288 g/mol. The molecule has 0 saturated carbocycles. The second kappa shape index (κ2) is 6.60. The molecule has 1 aromatic heterocycles. The normalized spacial score (nSPS) is 10.6. The van der Waals surface area contributed by atoms with Gasteiger partial charge in [-0.25, -0.2) is 5.43 Å². The first-order chi connectivity index (χ1) is 10.1. The fourth-order valence-electron chi connectivity index (χ4n) is 1.75. The summed E-state index contributed by atoms with van der Waals surface area (Å²) in [6, 6.07) is 6.90. The zero-order valence-corrected chi connectivity index (χ0v) is 12.0. The average Bonchev–Trinajstić information content (AvgIpc) is 2.93. The molecule has 21 heavy (non-hydrogen) atoms. The fraction of sp³-hybridized carbons (Fsp3) is 0.200. The molecule has 0 atom stereocenters. The molecule has 0 aliphatic rings. The third kappa shape index (κ3) is 3.62. The Morgan fingerprint density at radius 1 is 1.24 bits per heavy atom. The Hall–Kier alpha value is -2.76. The number of hydrazone groups is 1. The number of carbonyl (C=O) groups is 1. The molecule has 1 N–H and O–H groups in total. The highest BCUT2D eigenvalue weighted by atomic mass is 16.5. The van der Waals surface area contributed by atoms with Crippen LogP contribution in [-0.2, 0) is 0 Å². The number of methoxy groups -OCH3 is 2. The van der Waals surface area contributed by atoms with Crippen LogP contribution in [0.5, 0.6) is 11.5 Å². The van der Waals surface area contributed by atoms with Crippen molar-refractivity contribution in [2.24, 2.45) is 5.10 Å². The summed E-state index contributed by atoms with van der Waals surface area (Å²) >= 11 is 0. The maximum Gasteiger partial charge on any atom is 0.274 e. The Labute approximate surface area is 122 Å². The van der Waals surface area contributed by atoms with E-state index in [0.717, 1.165) is 5.56 Å². The summed E-state index contributed by atoms with van der Waals surface area (Å²) in [6.07, 6.45) is 2.97. The van der Waals surface area contributed by atoms with Crippen molar-refractivity contribution >= 4 is 12.1 Å². The van der Waals surface area contributed by atoms with E-state index in [0.29, 0.717) is 22.8 Å². The first kappa shape index (κ1) is 14.6. The van der Waals surface area contributed by atoms with Gasteiger partial charge >= 0.3 is 0 Å². The second-order valence-electron chi connectivity index (χ2n) is 4.24. The SMILES string of the molecule is COc1cc(/C=N/NC(=O)c2ccoc2C)cc(OC)c1. The third-order valence-electron chi connectivity index (χ3n) is 2.86. The number of aryl methyl sites for hydroxylation is 1. The summed E-state index contributed by atoms with van der Waals surface area (Å²) in [7, 11) is 3.14. The lowest BCUT2D eigenvalue weighted by molar-refractivity contribution is 0.0953. The first-order valence-corrected chi connectivity index (χ1v) is 6.24. The number of rotatable bonds is 5. The summed E-state index contributed by atoms with van der Waals surface area (Å²) in [5, 5.41) is 3.91. The van der Waals surface area contributed by atoms with Crippen LogP contribution in [0, 0.1) is 6.92 Å². The van der Waals surface area contributed by atoms with Crippen LogP contribution in [0.15, 0.2) is 40.0 Å². The minimum atomic E-state index is -0.327. The Kier molecular flexibility index (Phi) is 4.61. The minimum absolute atomic E-state index is 0.327. The Morgan fingerprint density at radius 2 is 1.90 bits per heavy atom. The molecule has 2 aromatic rings. The van der Waals surface area contributed by atoms with E-state index in [1.165, 1.54) is 12.5 Å². The summed E-state index contributed by atoms with van der Waals surface area (Å²) in [5.74, 6) is 1.51. The van der Waals surface area contributed by atoms with Crippen molar-refractivity contribution in [1.82, 2.24) is 5.43 Å². The van der Waals surface area contributed by atoms with Gasteiger partial charge in [0.05, 0.1) is 32.3 Å². The van der Waals surface area contributed by atoms with Gasteiger partial charge in [0.25, 0.3) is 5.91 Å². The van der Waals surface area contributed by atoms with Gasteiger partial charge in [-0.2, -0.15) is 5.10 Å². The Morgan fingerprint density at radius 3 is 2.43 bits per heavy atom. The van der Waals surface area contributed by atoms with Gasteiger partial charge in [0.1, 0.15) is 17.3 Å². The first-order valence-electron chi connectivity index (χ1n) is 6.24. The maximum absolute atomic E-state index is 11.8. The smallest absolute Gasteiger partial charge is 0.274 e. The van der Waals surface area contributed by atoms with Crippen molar-refractivity contribution < 1.29 is 18.7 Å². The predicted molar refractivity (Wildman–Crippen MR) is 78.1 cm³/mol. The van der Waals surface area contributed by atoms with Crippen LogP contribution in [0.3, 0.4) is 0 Å². The highest BCUT2D eigenvalue weighted by molar-refractivity contribution is 5.95. The average molecular weight is 288 g/mol.